The minimum atomic E-state index is -0.441. The molecule has 0 spiro atoms. The van der Waals surface area contributed by atoms with Crippen LogP contribution in [0.5, 0.6) is 5.75 Å². The van der Waals surface area contributed by atoms with Gasteiger partial charge < -0.3 is 19.8 Å². The van der Waals surface area contributed by atoms with Crippen LogP contribution in [-0.4, -0.2) is 37.1 Å². The first-order chi connectivity index (χ1) is 12.0. The van der Waals surface area contributed by atoms with Crippen LogP contribution in [0.25, 0.3) is 0 Å². The van der Waals surface area contributed by atoms with Crippen LogP contribution in [-0.2, 0) is 4.74 Å². The molecule has 1 amide bonds. The van der Waals surface area contributed by atoms with Crippen LogP contribution in [0.15, 0.2) is 30.3 Å². The number of hydrogen-bond acceptors (Lipinski definition) is 4. The minimum Gasteiger partial charge on any atom is -0.494 e. The summed E-state index contributed by atoms with van der Waals surface area (Å²) in [5, 5.41) is 2.86. The molecule has 0 radical (unpaired) electrons. The second-order valence-electron chi connectivity index (χ2n) is 5.74. The molecule has 0 saturated heterocycles. The molecule has 0 atom stereocenters. The van der Waals surface area contributed by atoms with Gasteiger partial charge in [0.2, 0.25) is 0 Å². The number of unbranched alkanes of at least 4 members (excludes halogenated alkanes) is 1. The molecular formula is C19H24N2O4. The lowest BCUT2D eigenvalue weighted by Crippen LogP contribution is -2.25. The highest BCUT2D eigenvalue weighted by atomic mass is 16.5. The standard InChI is InChI=1S/C19H24N2O4/c1-13-16(19(23)24-3)14(2)21-17(13)18(22)20-11-7-8-12-25-15-9-5-4-6-10-15/h4-6,9-10,21H,7-8,11-12H2,1-3H3,(H,20,22). The maximum atomic E-state index is 12.3. The topological polar surface area (TPSA) is 80.4 Å². The van der Waals surface area contributed by atoms with E-state index in [1.807, 2.05) is 30.3 Å². The van der Waals surface area contributed by atoms with Gasteiger partial charge in [0.05, 0.1) is 19.3 Å². The Morgan fingerprint density at radius 1 is 1.12 bits per heavy atom. The zero-order chi connectivity index (χ0) is 18.2. The van der Waals surface area contributed by atoms with E-state index in [0.717, 1.165) is 18.6 Å². The van der Waals surface area contributed by atoms with Crippen LogP contribution in [0.1, 0.15) is 44.9 Å². The number of hydrogen-bond donors (Lipinski definition) is 2. The van der Waals surface area contributed by atoms with Crippen molar-refractivity contribution in [3.8, 4) is 5.75 Å². The third kappa shape index (κ3) is 4.86. The molecule has 6 heteroatoms. The van der Waals surface area contributed by atoms with Crippen LogP contribution in [0.2, 0.25) is 0 Å². The zero-order valence-corrected chi connectivity index (χ0v) is 14.8. The van der Waals surface area contributed by atoms with Crippen molar-refractivity contribution in [1.29, 1.82) is 0 Å². The van der Waals surface area contributed by atoms with Crippen LogP contribution >= 0.6 is 0 Å². The summed E-state index contributed by atoms with van der Waals surface area (Å²) >= 11 is 0. The fourth-order valence-electron chi connectivity index (χ4n) is 2.61. The predicted octanol–water partition coefficient (Wildman–Crippen LogP) is 3.01. The fourth-order valence-corrected chi connectivity index (χ4v) is 2.61. The molecule has 0 fully saturated rings. The molecule has 134 valence electrons. The summed E-state index contributed by atoms with van der Waals surface area (Å²) in [6, 6.07) is 9.63. The van der Waals surface area contributed by atoms with Crippen LogP contribution in [0, 0.1) is 13.8 Å². The van der Waals surface area contributed by atoms with E-state index in [1.54, 1.807) is 13.8 Å². The second-order valence-corrected chi connectivity index (χ2v) is 5.74. The number of nitrogens with one attached hydrogen (secondary N) is 2. The average Bonchev–Trinajstić information content (AvgIpc) is 2.92. The van der Waals surface area contributed by atoms with E-state index in [-0.39, 0.29) is 5.91 Å². The van der Waals surface area contributed by atoms with Crippen LogP contribution < -0.4 is 10.1 Å². The molecule has 2 N–H and O–H groups in total. The SMILES string of the molecule is COC(=O)c1c(C)[nH]c(C(=O)NCCCCOc2ccccc2)c1C. The molecular weight excluding hydrogens is 320 g/mol. The van der Waals surface area contributed by atoms with Crippen molar-refractivity contribution in [3.05, 3.63) is 52.8 Å². The Bertz CT molecular complexity index is 723. The van der Waals surface area contributed by atoms with Crippen LogP contribution in [0.3, 0.4) is 0 Å². The number of esters is 1. The number of rotatable bonds is 8. The average molecular weight is 344 g/mol. The maximum absolute atomic E-state index is 12.3. The van der Waals surface area contributed by atoms with Crippen molar-refractivity contribution in [2.24, 2.45) is 0 Å². The Labute approximate surface area is 147 Å². The van der Waals surface area contributed by atoms with Crippen molar-refractivity contribution >= 4 is 11.9 Å². The van der Waals surface area contributed by atoms with Gasteiger partial charge in [0.1, 0.15) is 11.4 Å². The lowest BCUT2D eigenvalue weighted by molar-refractivity contribution is 0.0599. The molecule has 1 aromatic carbocycles. The summed E-state index contributed by atoms with van der Waals surface area (Å²) in [5.74, 6) is 0.183. The number of aromatic amines is 1. The van der Waals surface area contributed by atoms with Gasteiger partial charge in [-0.1, -0.05) is 18.2 Å². The van der Waals surface area contributed by atoms with E-state index in [2.05, 4.69) is 10.3 Å². The molecule has 0 saturated carbocycles. The lowest BCUT2D eigenvalue weighted by atomic mass is 10.1. The number of amides is 1. The minimum absolute atomic E-state index is 0.222. The number of carbonyl (C=O) groups is 2. The highest BCUT2D eigenvalue weighted by Crippen LogP contribution is 2.18. The molecule has 0 unspecified atom stereocenters. The quantitative estimate of drug-likeness (QED) is 0.570. The van der Waals surface area contributed by atoms with Gasteiger partial charge in [0.15, 0.2) is 0 Å². The van der Waals surface area contributed by atoms with E-state index in [1.165, 1.54) is 7.11 Å². The van der Waals surface area contributed by atoms with Gasteiger partial charge >= 0.3 is 5.97 Å². The largest absolute Gasteiger partial charge is 0.494 e. The molecule has 25 heavy (non-hydrogen) atoms. The number of carbonyl (C=O) groups excluding carboxylic acids is 2. The van der Waals surface area contributed by atoms with E-state index < -0.39 is 5.97 Å². The summed E-state index contributed by atoms with van der Waals surface area (Å²) in [7, 11) is 1.32. The zero-order valence-electron chi connectivity index (χ0n) is 14.8. The number of aromatic nitrogens is 1. The number of aryl methyl sites for hydroxylation is 1. The number of ether oxygens (including phenoxy) is 2. The first-order valence-corrected chi connectivity index (χ1v) is 8.28. The van der Waals surface area contributed by atoms with Crippen molar-refractivity contribution < 1.29 is 19.1 Å². The summed E-state index contributed by atoms with van der Waals surface area (Å²) in [6.07, 6.45) is 1.65. The van der Waals surface area contributed by atoms with Gasteiger partial charge in [0.25, 0.3) is 5.91 Å². The van der Waals surface area contributed by atoms with Gasteiger partial charge in [-0.2, -0.15) is 0 Å². The van der Waals surface area contributed by atoms with Crippen LogP contribution in [0.4, 0.5) is 0 Å². The molecule has 6 nitrogen and oxygen atoms in total. The molecule has 1 aromatic heterocycles. The van der Waals surface area contributed by atoms with E-state index >= 15 is 0 Å². The molecule has 0 aliphatic carbocycles. The lowest BCUT2D eigenvalue weighted by Gasteiger charge is -2.07. The smallest absolute Gasteiger partial charge is 0.339 e. The molecule has 2 rings (SSSR count). The van der Waals surface area contributed by atoms with Gasteiger partial charge in [0, 0.05) is 12.2 Å². The fraction of sp³-hybridized carbons (Fsp3) is 0.368. The number of para-hydroxylation sites is 1. The van der Waals surface area contributed by atoms with Gasteiger partial charge in [-0.3, -0.25) is 4.79 Å². The van der Waals surface area contributed by atoms with Crippen molar-refractivity contribution in [3.63, 3.8) is 0 Å². The summed E-state index contributed by atoms with van der Waals surface area (Å²) in [5.41, 5.74) is 2.06. The third-order valence-electron chi connectivity index (χ3n) is 3.92. The Hall–Kier alpha value is -2.76. The van der Waals surface area contributed by atoms with Crippen molar-refractivity contribution in [1.82, 2.24) is 10.3 Å². The Morgan fingerprint density at radius 2 is 1.84 bits per heavy atom. The predicted molar refractivity (Wildman–Crippen MR) is 95.1 cm³/mol. The Balaban J connectivity index is 1.76. The Morgan fingerprint density at radius 3 is 2.52 bits per heavy atom. The van der Waals surface area contributed by atoms with Crippen molar-refractivity contribution in [2.45, 2.75) is 26.7 Å². The van der Waals surface area contributed by atoms with E-state index in [9.17, 15) is 9.59 Å². The molecule has 0 aliphatic rings. The number of benzene rings is 1. The summed E-state index contributed by atoms with van der Waals surface area (Å²) in [6.45, 7) is 4.63. The number of H-pyrrole nitrogens is 1. The van der Waals surface area contributed by atoms with E-state index in [4.69, 9.17) is 9.47 Å². The highest BCUT2D eigenvalue weighted by Gasteiger charge is 2.22. The Kier molecular flexibility index (Phi) is 6.62. The third-order valence-corrected chi connectivity index (χ3v) is 3.92. The first-order valence-electron chi connectivity index (χ1n) is 8.28. The van der Waals surface area contributed by atoms with Gasteiger partial charge in [-0.05, 0) is 44.4 Å². The van der Waals surface area contributed by atoms with E-state index in [0.29, 0.717) is 35.7 Å². The first kappa shape index (κ1) is 18.6. The molecule has 2 aromatic rings. The monoisotopic (exact) mass is 344 g/mol. The van der Waals surface area contributed by atoms with Gasteiger partial charge in [-0.25, -0.2) is 4.79 Å². The molecule has 1 heterocycles. The normalized spacial score (nSPS) is 10.4. The van der Waals surface area contributed by atoms with Gasteiger partial charge in [-0.15, -0.1) is 0 Å². The number of methoxy groups -OCH3 is 1. The maximum Gasteiger partial charge on any atom is 0.339 e. The molecule has 0 bridgehead atoms. The summed E-state index contributed by atoms with van der Waals surface area (Å²) in [4.78, 5) is 27.0. The molecule has 0 aliphatic heterocycles. The highest BCUT2D eigenvalue weighted by molar-refractivity contribution is 6.00. The van der Waals surface area contributed by atoms with Crippen molar-refractivity contribution in [2.75, 3.05) is 20.3 Å². The summed E-state index contributed by atoms with van der Waals surface area (Å²) < 4.78 is 10.4. The second kappa shape index (κ2) is 8.92.